The minimum atomic E-state index is -0.355. The molecule has 3 fully saturated rings. The van der Waals surface area contributed by atoms with Gasteiger partial charge in [-0.05, 0) is 43.9 Å². The third-order valence-electron chi connectivity index (χ3n) is 8.07. The fourth-order valence-corrected chi connectivity index (χ4v) is 5.84. The first-order valence-corrected chi connectivity index (χ1v) is 13.2. The number of nitrogen functional groups attached to an aromatic ring is 1. The molecule has 2 aliphatic heterocycles. The van der Waals surface area contributed by atoms with E-state index in [9.17, 15) is 4.79 Å². The van der Waals surface area contributed by atoms with Gasteiger partial charge in [0.05, 0.1) is 18.6 Å². The zero-order valence-electron chi connectivity index (χ0n) is 21.5. The van der Waals surface area contributed by atoms with E-state index in [-0.39, 0.29) is 24.1 Å². The maximum Gasteiger partial charge on any atom is 0.409 e. The fourth-order valence-electron chi connectivity index (χ4n) is 5.84. The second-order valence-electron chi connectivity index (χ2n) is 10.3. The molecule has 1 aliphatic carbocycles. The molecule has 2 saturated heterocycles. The number of piperazine rings is 1. The molecule has 1 amide bonds. The SMILES string of the molecule is COC(=O)N1CCN(C2CC(n3cc(-c4cc(OC[C@@H]5CCCO5)ccc4F)c4c(N)ncnc43)C2)CC1. The minimum Gasteiger partial charge on any atom is -0.491 e. The molecule has 10 nitrogen and oxygen atoms in total. The Labute approximate surface area is 220 Å². The van der Waals surface area contributed by atoms with Gasteiger partial charge in [-0.1, -0.05) is 0 Å². The number of aromatic nitrogens is 3. The van der Waals surface area contributed by atoms with E-state index in [1.807, 2.05) is 6.20 Å². The number of hydrogen-bond acceptors (Lipinski definition) is 8. The predicted octanol–water partition coefficient (Wildman–Crippen LogP) is 3.46. The van der Waals surface area contributed by atoms with E-state index >= 15 is 4.39 Å². The smallest absolute Gasteiger partial charge is 0.409 e. The lowest BCUT2D eigenvalue weighted by Gasteiger charge is -2.46. The molecule has 3 aliphatic rings. The molecule has 38 heavy (non-hydrogen) atoms. The third kappa shape index (κ3) is 4.64. The van der Waals surface area contributed by atoms with Gasteiger partial charge in [-0.3, -0.25) is 4.90 Å². The Kier molecular flexibility index (Phi) is 6.79. The number of benzene rings is 1. The molecule has 0 radical (unpaired) electrons. The normalized spacial score (nSPS) is 23.9. The number of anilines is 1. The zero-order chi connectivity index (χ0) is 26.2. The molecule has 2 aromatic heterocycles. The highest BCUT2D eigenvalue weighted by Gasteiger charge is 2.38. The Bertz CT molecular complexity index is 1310. The Morgan fingerprint density at radius 1 is 1.16 bits per heavy atom. The maximum atomic E-state index is 15.2. The number of amides is 1. The predicted molar refractivity (Wildman–Crippen MR) is 139 cm³/mol. The van der Waals surface area contributed by atoms with Crippen molar-refractivity contribution in [1.82, 2.24) is 24.3 Å². The summed E-state index contributed by atoms with van der Waals surface area (Å²) in [6, 6.07) is 5.43. The van der Waals surface area contributed by atoms with Crippen molar-refractivity contribution in [2.45, 2.75) is 43.9 Å². The van der Waals surface area contributed by atoms with Gasteiger partial charge in [-0.25, -0.2) is 19.2 Å². The Morgan fingerprint density at radius 3 is 2.71 bits per heavy atom. The zero-order valence-corrected chi connectivity index (χ0v) is 21.5. The van der Waals surface area contributed by atoms with E-state index in [1.165, 1.54) is 19.5 Å². The average Bonchev–Trinajstić information content (AvgIpc) is 3.57. The number of hydrogen-bond donors (Lipinski definition) is 1. The Morgan fingerprint density at radius 2 is 1.97 bits per heavy atom. The number of nitrogens with two attached hydrogens (primary N) is 1. The summed E-state index contributed by atoms with van der Waals surface area (Å²) in [4.78, 5) is 24.7. The summed E-state index contributed by atoms with van der Waals surface area (Å²) in [5, 5.41) is 0.651. The highest BCUT2D eigenvalue weighted by Crippen LogP contribution is 2.43. The van der Waals surface area contributed by atoms with Crippen molar-refractivity contribution in [2.24, 2.45) is 0 Å². The van der Waals surface area contributed by atoms with Crippen LogP contribution in [-0.4, -0.2) is 89.1 Å². The summed E-state index contributed by atoms with van der Waals surface area (Å²) in [5.74, 6) is 0.554. The molecule has 1 aromatic carbocycles. The standard InChI is InChI=1S/C27H33FN6O4/c1-36-27(35)33-8-6-32(7-9-33)17-11-18(12-17)34-14-22(24-25(29)30-16-31-26(24)34)21-13-19(4-5-23(21)28)38-15-20-3-2-10-37-20/h4-5,13-14,16-18,20H,2-3,6-12,15H2,1H3,(H2,29,30,31)/t17?,18?,20-/m0/s1. The maximum absolute atomic E-state index is 15.2. The Balaban J connectivity index is 1.21. The van der Waals surface area contributed by atoms with Crippen LogP contribution in [-0.2, 0) is 9.47 Å². The van der Waals surface area contributed by atoms with Gasteiger partial charge in [-0.2, -0.15) is 0 Å². The molecule has 3 aromatic rings. The van der Waals surface area contributed by atoms with Gasteiger partial charge >= 0.3 is 6.09 Å². The number of carbonyl (C=O) groups excluding carboxylic acids is 1. The van der Waals surface area contributed by atoms with Crippen LogP contribution in [0.4, 0.5) is 15.0 Å². The van der Waals surface area contributed by atoms with Crippen molar-refractivity contribution in [3.8, 4) is 16.9 Å². The number of fused-ring (bicyclic) bond motifs is 1. The molecule has 202 valence electrons. The van der Waals surface area contributed by atoms with E-state index in [4.69, 9.17) is 19.9 Å². The summed E-state index contributed by atoms with van der Waals surface area (Å²) in [6.45, 7) is 4.17. The van der Waals surface area contributed by atoms with Crippen LogP contribution < -0.4 is 10.5 Å². The number of methoxy groups -OCH3 is 1. The van der Waals surface area contributed by atoms with Crippen LogP contribution in [0.3, 0.4) is 0 Å². The number of ether oxygens (including phenoxy) is 3. The molecule has 1 saturated carbocycles. The van der Waals surface area contributed by atoms with Crippen molar-refractivity contribution in [2.75, 3.05) is 52.2 Å². The molecule has 0 bridgehead atoms. The summed E-state index contributed by atoms with van der Waals surface area (Å²) in [6.07, 6.45) is 7.10. The van der Waals surface area contributed by atoms with Crippen LogP contribution in [0.15, 0.2) is 30.7 Å². The minimum absolute atomic E-state index is 0.0736. The monoisotopic (exact) mass is 524 g/mol. The van der Waals surface area contributed by atoms with Crippen molar-refractivity contribution in [3.63, 3.8) is 0 Å². The third-order valence-corrected chi connectivity index (χ3v) is 8.07. The number of nitrogens with zero attached hydrogens (tertiary/aromatic N) is 5. The number of halogens is 1. The van der Waals surface area contributed by atoms with Gasteiger partial charge in [0.15, 0.2) is 0 Å². The van der Waals surface area contributed by atoms with E-state index in [2.05, 4.69) is 19.4 Å². The summed E-state index contributed by atoms with van der Waals surface area (Å²) in [7, 11) is 1.41. The van der Waals surface area contributed by atoms with Crippen LogP contribution in [0.5, 0.6) is 5.75 Å². The molecular formula is C27H33FN6O4. The first-order chi connectivity index (χ1) is 18.5. The van der Waals surface area contributed by atoms with Crippen LogP contribution in [0.1, 0.15) is 31.7 Å². The lowest BCUT2D eigenvalue weighted by Crippen LogP contribution is -2.55. The second-order valence-corrected chi connectivity index (χ2v) is 10.3. The average molecular weight is 525 g/mol. The van der Waals surface area contributed by atoms with Crippen LogP contribution >= 0.6 is 0 Å². The highest BCUT2D eigenvalue weighted by molar-refractivity contribution is 6.01. The van der Waals surface area contributed by atoms with Crippen molar-refractivity contribution in [3.05, 3.63) is 36.5 Å². The van der Waals surface area contributed by atoms with Gasteiger partial charge in [0.25, 0.3) is 0 Å². The highest BCUT2D eigenvalue weighted by atomic mass is 19.1. The molecule has 0 spiro atoms. The van der Waals surface area contributed by atoms with Crippen LogP contribution in [0, 0.1) is 5.82 Å². The topological polar surface area (TPSA) is 108 Å². The van der Waals surface area contributed by atoms with Gasteiger partial charge in [0, 0.05) is 62.2 Å². The fraction of sp³-hybridized carbons (Fsp3) is 0.519. The van der Waals surface area contributed by atoms with E-state index in [0.717, 1.165) is 45.4 Å². The van der Waals surface area contributed by atoms with E-state index in [0.29, 0.717) is 59.5 Å². The van der Waals surface area contributed by atoms with Crippen molar-refractivity contribution >= 4 is 22.9 Å². The molecular weight excluding hydrogens is 491 g/mol. The molecule has 11 heteroatoms. The van der Waals surface area contributed by atoms with E-state index < -0.39 is 0 Å². The number of carbonyl (C=O) groups is 1. The van der Waals surface area contributed by atoms with E-state index in [1.54, 1.807) is 17.0 Å². The summed E-state index contributed by atoms with van der Waals surface area (Å²) < 4.78 is 33.7. The van der Waals surface area contributed by atoms with Gasteiger partial charge in [0.2, 0.25) is 0 Å². The van der Waals surface area contributed by atoms with Crippen LogP contribution in [0.25, 0.3) is 22.2 Å². The molecule has 6 rings (SSSR count). The lowest BCUT2D eigenvalue weighted by molar-refractivity contribution is 0.0347. The van der Waals surface area contributed by atoms with Crippen LogP contribution in [0.2, 0.25) is 0 Å². The summed E-state index contributed by atoms with van der Waals surface area (Å²) >= 11 is 0. The number of rotatable bonds is 6. The van der Waals surface area contributed by atoms with Gasteiger partial charge in [-0.15, -0.1) is 0 Å². The molecule has 2 N–H and O–H groups in total. The molecule has 4 heterocycles. The largest absolute Gasteiger partial charge is 0.491 e. The lowest BCUT2D eigenvalue weighted by atomic mass is 9.85. The summed E-state index contributed by atoms with van der Waals surface area (Å²) in [5.41, 5.74) is 8.08. The molecule has 0 unspecified atom stereocenters. The first kappa shape index (κ1) is 24.9. The second kappa shape index (κ2) is 10.4. The Hall–Kier alpha value is -3.44. The van der Waals surface area contributed by atoms with Gasteiger partial charge < -0.3 is 29.4 Å². The van der Waals surface area contributed by atoms with Crippen molar-refractivity contribution < 1.29 is 23.4 Å². The quantitative estimate of drug-likeness (QED) is 0.522. The van der Waals surface area contributed by atoms with Crippen molar-refractivity contribution in [1.29, 1.82) is 0 Å². The van der Waals surface area contributed by atoms with Gasteiger partial charge in [0.1, 0.15) is 36.0 Å². The first-order valence-electron chi connectivity index (χ1n) is 13.2. The molecule has 1 atom stereocenters.